The maximum Gasteiger partial charge on any atom is 0.306 e. The first-order chi connectivity index (χ1) is 9.60. The number of carboxylic acids is 1. The van der Waals surface area contributed by atoms with Gasteiger partial charge in [0.25, 0.3) is 0 Å². The Morgan fingerprint density at radius 1 is 1.10 bits per heavy atom. The van der Waals surface area contributed by atoms with Crippen molar-refractivity contribution in [2.24, 2.45) is 11.8 Å². The van der Waals surface area contributed by atoms with Crippen LogP contribution >= 0.6 is 11.8 Å². The van der Waals surface area contributed by atoms with Gasteiger partial charge in [-0.2, -0.15) is 0 Å². The molecule has 1 aromatic carbocycles. The van der Waals surface area contributed by atoms with E-state index in [4.69, 9.17) is 5.11 Å². The lowest BCUT2D eigenvalue weighted by Crippen LogP contribution is -2.29. The summed E-state index contributed by atoms with van der Waals surface area (Å²) in [5, 5.41) is 11.9. The molecule has 0 aromatic heterocycles. The molecule has 5 heteroatoms. The molecule has 2 rings (SSSR count). The van der Waals surface area contributed by atoms with Crippen molar-refractivity contribution in [3.05, 3.63) is 24.3 Å². The van der Waals surface area contributed by atoms with Crippen molar-refractivity contribution >= 4 is 29.3 Å². The fourth-order valence-electron chi connectivity index (χ4n) is 2.52. The third-order valence-corrected chi connectivity index (χ3v) is 4.55. The molecule has 1 amide bonds. The summed E-state index contributed by atoms with van der Waals surface area (Å²) < 4.78 is 0. The average Bonchev–Trinajstić information content (AvgIpc) is 2.48. The van der Waals surface area contributed by atoms with Gasteiger partial charge in [0.05, 0.1) is 5.92 Å². The van der Waals surface area contributed by atoms with Crippen molar-refractivity contribution in [2.45, 2.75) is 30.6 Å². The van der Waals surface area contributed by atoms with Crippen LogP contribution in [0.3, 0.4) is 0 Å². The quantitative estimate of drug-likeness (QED) is 0.836. The molecule has 1 fully saturated rings. The van der Waals surface area contributed by atoms with E-state index >= 15 is 0 Å². The van der Waals surface area contributed by atoms with E-state index in [2.05, 4.69) is 5.32 Å². The van der Waals surface area contributed by atoms with E-state index in [1.807, 2.05) is 30.5 Å². The molecular weight excluding hydrogens is 274 g/mol. The molecule has 0 atom stereocenters. The lowest BCUT2D eigenvalue weighted by Gasteiger charge is -2.25. The zero-order valence-corrected chi connectivity index (χ0v) is 12.3. The van der Waals surface area contributed by atoms with Gasteiger partial charge in [-0.3, -0.25) is 9.59 Å². The van der Waals surface area contributed by atoms with Crippen LogP contribution in [0.1, 0.15) is 25.7 Å². The predicted molar refractivity (Wildman–Crippen MR) is 79.9 cm³/mol. The van der Waals surface area contributed by atoms with Gasteiger partial charge >= 0.3 is 5.97 Å². The molecule has 0 radical (unpaired) electrons. The van der Waals surface area contributed by atoms with Gasteiger partial charge in [0.15, 0.2) is 0 Å². The summed E-state index contributed by atoms with van der Waals surface area (Å²) in [6.07, 6.45) is 4.52. The average molecular weight is 293 g/mol. The molecule has 4 nitrogen and oxygen atoms in total. The molecule has 1 saturated carbocycles. The van der Waals surface area contributed by atoms with E-state index in [1.165, 1.54) is 0 Å². The van der Waals surface area contributed by atoms with Gasteiger partial charge in [-0.1, -0.05) is 0 Å². The maximum absolute atomic E-state index is 12.1. The fourth-order valence-corrected chi connectivity index (χ4v) is 2.93. The first-order valence-electron chi connectivity index (χ1n) is 6.78. The van der Waals surface area contributed by atoms with Crippen LogP contribution in [0.15, 0.2) is 29.2 Å². The first-order valence-corrected chi connectivity index (χ1v) is 8.00. The monoisotopic (exact) mass is 293 g/mol. The second-order valence-electron chi connectivity index (χ2n) is 5.10. The molecule has 2 N–H and O–H groups in total. The van der Waals surface area contributed by atoms with Gasteiger partial charge in [0.1, 0.15) is 0 Å². The Bertz CT molecular complexity index is 478. The highest BCUT2D eigenvalue weighted by Gasteiger charge is 2.29. The molecule has 108 valence electrons. The molecule has 0 bridgehead atoms. The summed E-state index contributed by atoms with van der Waals surface area (Å²) in [7, 11) is 0. The lowest BCUT2D eigenvalue weighted by atomic mass is 9.81. The SMILES string of the molecule is CSc1ccc(NC(=O)C2CCC(C(=O)O)CC2)cc1. The van der Waals surface area contributed by atoms with E-state index in [0.29, 0.717) is 25.7 Å². The van der Waals surface area contributed by atoms with Crippen molar-refractivity contribution in [3.8, 4) is 0 Å². The zero-order chi connectivity index (χ0) is 14.5. The molecule has 0 aliphatic heterocycles. The Morgan fingerprint density at radius 2 is 1.65 bits per heavy atom. The highest BCUT2D eigenvalue weighted by molar-refractivity contribution is 7.98. The van der Waals surface area contributed by atoms with Gasteiger partial charge < -0.3 is 10.4 Å². The Labute approximate surface area is 123 Å². The number of carboxylic acid groups (broad SMARTS) is 1. The number of anilines is 1. The largest absolute Gasteiger partial charge is 0.481 e. The number of benzene rings is 1. The van der Waals surface area contributed by atoms with Crippen LogP contribution in [0.4, 0.5) is 5.69 Å². The minimum Gasteiger partial charge on any atom is -0.481 e. The number of carbonyl (C=O) groups is 2. The smallest absolute Gasteiger partial charge is 0.306 e. The van der Waals surface area contributed by atoms with Gasteiger partial charge in [-0.15, -0.1) is 11.8 Å². The van der Waals surface area contributed by atoms with Crippen molar-refractivity contribution in [1.82, 2.24) is 0 Å². The molecule has 0 saturated heterocycles. The van der Waals surface area contributed by atoms with Crippen LogP contribution < -0.4 is 5.32 Å². The Morgan fingerprint density at radius 3 is 2.15 bits per heavy atom. The number of nitrogens with one attached hydrogen (secondary N) is 1. The van der Waals surface area contributed by atoms with Crippen LogP contribution in [0.2, 0.25) is 0 Å². The summed E-state index contributed by atoms with van der Waals surface area (Å²) in [5.74, 6) is -1.08. The number of thioether (sulfide) groups is 1. The number of aliphatic carboxylic acids is 1. The minimum absolute atomic E-state index is 0.00532. The van der Waals surface area contributed by atoms with Gasteiger partial charge in [-0.25, -0.2) is 0 Å². The van der Waals surface area contributed by atoms with Crippen LogP contribution in [-0.2, 0) is 9.59 Å². The number of hydrogen-bond donors (Lipinski definition) is 2. The highest BCUT2D eigenvalue weighted by atomic mass is 32.2. The fraction of sp³-hybridized carbons (Fsp3) is 0.467. The second-order valence-corrected chi connectivity index (χ2v) is 5.98. The summed E-state index contributed by atoms with van der Waals surface area (Å²) in [6.45, 7) is 0. The normalized spacial score (nSPS) is 22.2. The molecule has 0 unspecified atom stereocenters. The number of hydrogen-bond acceptors (Lipinski definition) is 3. The summed E-state index contributed by atoms with van der Waals surface area (Å²) in [5.41, 5.74) is 0.799. The van der Waals surface area contributed by atoms with Crippen LogP contribution in [0.5, 0.6) is 0 Å². The second kappa shape index (κ2) is 6.79. The number of carbonyl (C=O) groups excluding carboxylic acids is 1. The van der Waals surface area contributed by atoms with E-state index < -0.39 is 5.97 Å². The van der Waals surface area contributed by atoms with Crippen LogP contribution in [0.25, 0.3) is 0 Å². The van der Waals surface area contributed by atoms with Gasteiger partial charge in [-0.05, 0) is 56.2 Å². The van der Waals surface area contributed by atoms with Gasteiger partial charge in [0.2, 0.25) is 5.91 Å². The van der Waals surface area contributed by atoms with E-state index in [-0.39, 0.29) is 17.7 Å². The third kappa shape index (κ3) is 3.76. The number of amides is 1. The molecule has 1 aromatic rings. The Hall–Kier alpha value is -1.49. The van der Waals surface area contributed by atoms with E-state index in [1.54, 1.807) is 11.8 Å². The van der Waals surface area contributed by atoms with Crippen molar-refractivity contribution < 1.29 is 14.7 Å². The van der Waals surface area contributed by atoms with Crippen LogP contribution in [0, 0.1) is 11.8 Å². The minimum atomic E-state index is -0.739. The predicted octanol–water partition coefficient (Wildman–Crippen LogP) is 3.24. The number of rotatable bonds is 4. The Balaban J connectivity index is 1.87. The van der Waals surface area contributed by atoms with E-state index in [9.17, 15) is 9.59 Å². The highest BCUT2D eigenvalue weighted by Crippen LogP contribution is 2.30. The topological polar surface area (TPSA) is 66.4 Å². The first kappa shape index (κ1) is 14.9. The molecule has 0 heterocycles. The van der Waals surface area contributed by atoms with Crippen LogP contribution in [-0.4, -0.2) is 23.2 Å². The molecular formula is C15H19NO3S. The molecule has 1 aliphatic carbocycles. The summed E-state index contributed by atoms with van der Waals surface area (Å²) >= 11 is 1.66. The van der Waals surface area contributed by atoms with Crippen molar-refractivity contribution in [1.29, 1.82) is 0 Å². The van der Waals surface area contributed by atoms with Gasteiger partial charge in [0, 0.05) is 16.5 Å². The van der Waals surface area contributed by atoms with Crippen molar-refractivity contribution in [3.63, 3.8) is 0 Å². The standard InChI is InChI=1S/C15H19NO3S/c1-20-13-8-6-12(7-9-13)16-14(17)10-2-4-11(5-3-10)15(18)19/h6-11H,2-5H2,1H3,(H,16,17)(H,18,19). The molecule has 1 aliphatic rings. The van der Waals surface area contributed by atoms with Crippen molar-refractivity contribution in [2.75, 3.05) is 11.6 Å². The molecule has 0 spiro atoms. The maximum atomic E-state index is 12.1. The summed E-state index contributed by atoms with van der Waals surface area (Å²) in [4.78, 5) is 24.2. The third-order valence-electron chi connectivity index (χ3n) is 3.80. The Kier molecular flexibility index (Phi) is 5.06. The lowest BCUT2D eigenvalue weighted by molar-refractivity contribution is -0.143. The zero-order valence-electron chi connectivity index (χ0n) is 11.5. The summed E-state index contributed by atoms with van der Waals surface area (Å²) in [6, 6.07) is 7.74. The van der Waals surface area contributed by atoms with E-state index in [0.717, 1.165) is 10.6 Å². The molecule has 20 heavy (non-hydrogen) atoms.